The monoisotopic (exact) mass is 268 g/mol. The zero-order valence-corrected chi connectivity index (χ0v) is 11.8. The predicted molar refractivity (Wildman–Crippen MR) is 76.3 cm³/mol. The number of hydrogen-bond acceptors (Lipinski definition) is 3. The Balaban J connectivity index is 2.08. The Bertz CT molecular complexity index is 401. The van der Waals surface area contributed by atoms with Gasteiger partial charge >= 0.3 is 0 Å². The van der Waals surface area contributed by atoms with Crippen molar-refractivity contribution in [3.63, 3.8) is 0 Å². The third kappa shape index (κ3) is 2.97. The highest BCUT2D eigenvalue weighted by molar-refractivity contribution is 6.31. The summed E-state index contributed by atoms with van der Waals surface area (Å²) in [5.74, 6) is 0. The fourth-order valence-corrected chi connectivity index (χ4v) is 2.78. The highest BCUT2D eigenvalue weighted by Gasteiger charge is 2.19. The van der Waals surface area contributed by atoms with Crippen LogP contribution in [0.1, 0.15) is 31.4 Å². The average molecular weight is 269 g/mol. The molecule has 1 unspecified atom stereocenters. The standard InChI is InChI=1S/C14H21ClN2O/c1-10(16)13-4-3-11(9-14(13)15)17-7-5-12(18-2)6-8-17/h3-4,9-10,12H,5-8,16H2,1-2H3. The molecule has 0 aromatic heterocycles. The van der Waals surface area contributed by atoms with E-state index in [0.717, 1.165) is 36.5 Å². The van der Waals surface area contributed by atoms with Crippen LogP contribution in [0.5, 0.6) is 0 Å². The van der Waals surface area contributed by atoms with Crippen LogP contribution in [0, 0.1) is 0 Å². The molecule has 0 aliphatic carbocycles. The summed E-state index contributed by atoms with van der Waals surface area (Å²) in [6.07, 6.45) is 2.55. The Morgan fingerprint density at radius 3 is 2.56 bits per heavy atom. The third-order valence-corrected chi connectivity index (χ3v) is 3.94. The molecule has 2 N–H and O–H groups in total. The number of rotatable bonds is 3. The van der Waals surface area contributed by atoms with Crippen LogP contribution in [0.15, 0.2) is 18.2 Å². The van der Waals surface area contributed by atoms with E-state index >= 15 is 0 Å². The Hall–Kier alpha value is -0.770. The zero-order valence-electron chi connectivity index (χ0n) is 11.0. The van der Waals surface area contributed by atoms with Gasteiger partial charge in [-0.1, -0.05) is 17.7 Å². The molecular formula is C14H21ClN2O. The minimum absolute atomic E-state index is 0.0224. The number of piperidine rings is 1. The van der Waals surface area contributed by atoms with Crippen molar-refractivity contribution in [3.8, 4) is 0 Å². The average Bonchev–Trinajstić information content (AvgIpc) is 2.38. The molecule has 0 radical (unpaired) electrons. The van der Waals surface area contributed by atoms with E-state index in [1.165, 1.54) is 5.69 Å². The second-order valence-electron chi connectivity index (χ2n) is 4.92. The van der Waals surface area contributed by atoms with Gasteiger partial charge in [0.2, 0.25) is 0 Å². The van der Waals surface area contributed by atoms with Crippen molar-refractivity contribution in [3.05, 3.63) is 28.8 Å². The topological polar surface area (TPSA) is 38.5 Å². The number of benzene rings is 1. The molecular weight excluding hydrogens is 248 g/mol. The van der Waals surface area contributed by atoms with E-state index in [1.54, 1.807) is 7.11 Å². The van der Waals surface area contributed by atoms with Crippen LogP contribution in [0.2, 0.25) is 5.02 Å². The third-order valence-electron chi connectivity index (χ3n) is 3.62. The lowest BCUT2D eigenvalue weighted by molar-refractivity contribution is 0.0819. The summed E-state index contributed by atoms with van der Waals surface area (Å²) in [5, 5.41) is 0.761. The normalized spacial score (nSPS) is 19.0. The van der Waals surface area contributed by atoms with Gasteiger partial charge in [-0.25, -0.2) is 0 Å². The molecule has 0 bridgehead atoms. The van der Waals surface area contributed by atoms with Gasteiger partial charge in [-0.15, -0.1) is 0 Å². The SMILES string of the molecule is COC1CCN(c2ccc(C(C)N)c(Cl)c2)CC1. The second-order valence-corrected chi connectivity index (χ2v) is 5.32. The van der Waals surface area contributed by atoms with E-state index in [4.69, 9.17) is 22.1 Å². The zero-order chi connectivity index (χ0) is 13.1. The van der Waals surface area contributed by atoms with Gasteiger partial charge in [0.1, 0.15) is 0 Å². The van der Waals surface area contributed by atoms with E-state index in [0.29, 0.717) is 6.10 Å². The Morgan fingerprint density at radius 2 is 2.06 bits per heavy atom. The molecule has 1 fully saturated rings. The maximum Gasteiger partial charge on any atom is 0.0605 e. The van der Waals surface area contributed by atoms with Gasteiger partial charge in [-0.3, -0.25) is 0 Å². The lowest BCUT2D eigenvalue weighted by Crippen LogP contribution is -2.36. The number of nitrogens with zero attached hydrogens (tertiary/aromatic N) is 1. The summed E-state index contributed by atoms with van der Waals surface area (Å²) in [6, 6.07) is 6.14. The van der Waals surface area contributed by atoms with Crippen molar-refractivity contribution in [2.75, 3.05) is 25.1 Å². The van der Waals surface area contributed by atoms with Crippen LogP contribution in [-0.4, -0.2) is 26.3 Å². The van der Waals surface area contributed by atoms with Crippen molar-refractivity contribution >= 4 is 17.3 Å². The van der Waals surface area contributed by atoms with Crippen LogP contribution >= 0.6 is 11.6 Å². The molecule has 1 atom stereocenters. The van der Waals surface area contributed by atoms with Crippen LogP contribution in [-0.2, 0) is 4.74 Å². The van der Waals surface area contributed by atoms with Gasteiger partial charge in [0.05, 0.1) is 6.10 Å². The fraction of sp³-hybridized carbons (Fsp3) is 0.571. The number of ether oxygens (including phenoxy) is 1. The van der Waals surface area contributed by atoms with E-state index in [2.05, 4.69) is 11.0 Å². The van der Waals surface area contributed by atoms with Crippen molar-refractivity contribution in [1.82, 2.24) is 0 Å². The number of nitrogens with two attached hydrogens (primary N) is 1. The molecule has 0 saturated carbocycles. The van der Waals surface area contributed by atoms with Crippen LogP contribution in [0.3, 0.4) is 0 Å². The van der Waals surface area contributed by atoms with Crippen molar-refractivity contribution in [2.24, 2.45) is 5.73 Å². The van der Waals surface area contributed by atoms with Crippen molar-refractivity contribution < 1.29 is 4.74 Å². The summed E-state index contributed by atoms with van der Waals surface area (Å²) in [4.78, 5) is 2.35. The van der Waals surface area contributed by atoms with Gasteiger partial charge in [0, 0.05) is 37.0 Å². The smallest absolute Gasteiger partial charge is 0.0605 e. The Kier molecular flexibility index (Phi) is 4.49. The maximum absolute atomic E-state index is 6.27. The molecule has 1 aromatic rings. The van der Waals surface area contributed by atoms with Gasteiger partial charge in [-0.2, -0.15) is 0 Å². The molecule has 1 aliphatic rings. The molecule has 0 spiro atoms. The number of methoxy groups -OCH3 is 1. The summed E-state index contributed by atoms with van der Waals surface area (Å²) in [5.41, 5.74) is 8.05. The fourth-order valence-electron chi connectivity index (χ4n) is 2.43. The Morgan fingerprint density at radius 1 is 1.39 bits per heavy atom. The lowest BCUT2D eigenvalue weighted by Gasteiger charge is -2.33. The molecule has 1 aromatic carbocycles. The van der Waals surface area contributed by atoms with E-state index in [-0.39, 0.29) is 6.04 Å². The van der Waals surface area contributed by atoms with E-state index in [9.17, 15) is 0 Å². The van der Waals surface area contributed by atoms with Crippen LogP contribution in [0.25, 0.3) is 0 Å². The van der Waals surface area contributed by atoms with E-state index in [1.807, 2.05) is 19.1 Å². The van der Waals surface area contributed by atoms with Crippen LogP contribution < -0.4 is 10.6 Å². The summed E-state index contributed by atoms with van der Waals surface area (Å²) < 4.78 is 5.38. The molecule has 0 amide bonds. The predicted octanol–water partition coefficient (Wildman–Crippen LogP) is 2.97. The summed E-state index contributed by atoms with van der Waals surface area (Å²) in [7, 11) is 1.79. The highest BCUT2D eigenvalue weighted by atomic mass is 35.5. The number of anilines is 1. The highest BCUT2D eigenvalue weighted by Crippen LogP contribution is 2.28. The number of hydrogen-bond donors (Lipinski definition) is 1. The molecule has 1 heterocycles. The van der Waals surface area contributed by atoms with Gasteiger partial charge in [-0.05, 0) is 37.5 Å². The molecule has 2 rings (SSSR count). The van der Waals surface area contributed by atoms with Crippen molar-refractivity contribution in [1.29, 1.82) is 0 Å². The van der Waals surface area contributed by atoms with E-state index < -0.39 is 0 Å². The first-order valence-electron chi connectivity index (χ1n) is 6.44. The maximum atomic E-state index is 6.27. The summed E-state index contributed by atoms with van der Waals surface area (Å²) in [6.45, 7) is 3.99. The first-order chi connectivity index (χ1) is 8.61. The molecule has 3 nitrogen and oxygen atoms in total. The molecule has 4 heteroatoms. The van der Waals surface area contributed by atoms with Crippen LogP contribution in [0.4, 0.5) is 5.69 Å². The van der Waals surface area contributed by atoms with Gasteiger partial charge in [0.25, 0.3) is 0 Å². The second kappa shape index (κ2) is 5.91. The molecule has 18 heavy (non-hydrogen) atoms. The molecule has 1 saturated heterocycles. The van der Waals surface area contributed by atoms with Gasteiger partial charge in [0.15, 0.2) is 0 Å². The first-order valence-corrected chi connectivity index (χ1v) is 6.82. The van der Waals surface area contributed by atoms with Crippen molar-refractivity contribution in [2.45, 2.75) is 31.9 Å². The molecule has 1 aliphatic heterocycles. The minimum atomic E-state index is -0.0224. The Labute approximate surface area is 114 Å². The quantitative estimate of drug-likeness (QED) is 0.916. The first kappa shape index (κ1) is 13.7. The largest absolute Gasteiger partial charge is 0.381 e. The number of halogens is 1. The molecule has 100 valence electrons. The lowest BCUT2D eigenvalue weighted by atomic mass is 10.0. The summed E-state index contributed by atoms with van der Waals surface area (Å²) >= 11 is 6.27. The minimum Gasteiger partial charge on any atom is -0.381 e. The van der Waals surface area contributed by atoms with Gasteiger partial charge < -0.3 is 15.4 Å².